The van der Waals surface area contributed by atoms with Gasteiger partial charge in [-0.05, 0) is 41.8 Å². The number of benzene rings is 2. The second-order valence-electron chi connectivity index (χ2n) is 8.38. The molecule has 0 aliphatic carbocycles. The van der Waals surface area contributed by atoms with Crippen LogP contribution in [0.1, 0.15) is 20.8 Å². The Kier molecular flexibility index (Phi) is 3.81. The van der Waals surface area contributed by atoms with E-state index < -0.39 is 0 Å². The first kappa shape index (κ1) is 17.6. The highest BCUT2D eigenvalue weighted by atomic mass is 19.1. The van der Waals surface area contributed by atoms with Gasteiger partial charge in [-0.2, -0.15) is 4.98 Å². The molecule has 146 valence electrons. The first-order chi connectivity index (χ1) is 13.9. The Morgan fingerprint density at radius 1 is 1.03 bits per heavy atom. The monoisotopic (exact) mass is 389 g/mol. The summed E-state index contributed by atoms with van der Waals surface area (Å²) in [5, 5.41) is 8.63. The van der Waals surface area contributed by atoms with Crippen molar-refractivity contribution < 1.29 is 8.81 Å². The van der Waals surface area contributed by atoms with Gasteiger partial charge in [-0.15, -0.1) is 5.10 Å². The van der Waals surface area contributed by atoms with Gasteiger partial charge < -0.3 is 4.42 Å². The highest BCUT2D eigenvalue weighted by Crippen LogP contribution is 2.34. The maximum Gasteiger partial charge on any atom is 0.306 e. The largest absolute Gasteiger partial charge is 0.432 e. The van der Waals surface area contributed by atoms with Crippen molar-refractivity contribution in [1.82, 2.24) is 24.4 Å². The Labute approximate surface area is 166 Å². The predicted molar refractivity (Wildman–Crippen MR) is 109 cm³/mol. The van der Waals surface area contributed by atoms with Crippen molar-refractivity contribution in [1.29, 1.82) is 0 Å². The van der Waals surface area contributed by atoms with Crippen LogP contribution in [0, 0.1) is 11.2 Å². The van der Waals surface area contributed by atoms with Crippen molar-refractivity contribution in [3.05, 3.63) is 60.7 Å². The smallest absolute Gasteiger partial charge is 0.306 e. The fourth-order valence-electron chi connectivity index (χ4n) is 3.55. The second-order valence-corrected chi connectivity index (χ2v) is 8.38. The maximum atomic E-state index is 13.4. The van der Waals surface area contributed by atoms with E-state index in [1.807, 2.05) is 27.4 Å². The van der Waals surface area contributed by atoms with E-state index >= 15 is 0 Å². The van der Waals surface area contributed by atoms with Crippen LogP contribution in [0.2, 0.25) is 0 Å². The number of nitrogens with zero attached hydrogens (tertiary/aromatic N) is 5. The van der Waals surface area contributed by atoms with Crippen molar-refractivity contribution in [2.75, 3.05) is 0 Å². The Balaban J connectivity index is 1.72. The zero-order chi connectivity index (χ0) is 20.2. The minimum atomic E-state index is -0.281. The molecule has 0 amide bonds. The second kappa shape index (κ2) is 6.27. The maximum absolute atomic E-state index is 13.4. The Bertz CT molecular complexity index is 1320. The zero-order valence-corrected chi connectivity index (χ0v) is 16.4. The van der Waals surface area contributed by atoms with E-state index in [-0.39, 0.29) is 11.2 Å². The van der Waals surface area contributed by atoms with Gasteiger partial charge in [0, 0.05) is 23.9 Å². The number of rotatable bonds is 3. The predicted octanol–water partition coefficient (Wildman–Crippen LogP) is 5.19. The molecule has 0 saturated carbocycles. The van der Waals surface area contributed by atoms with E-state index in [0.717, 1.165) is 40.1 Å². The van der Waals surface area contributed by atoms with Crippen LogP contribution in [0.4, 0.5) is 4.39 Å². The van der Waals surface area contributed by atoms with Gasteiger partial charge in [-0.25, -0.2) is 9.07 Å². The minimum absolute atomic E-state index is 0.0738. The molecule has 0 radical (unpaired) electrons. The normalized spacial score (nSPS) is 12.3. The quantitative estimate of drug-likeness (QED) is 0.426. The molecule has 5 aromatic rings. The third kappa shape index (κ3) is 3.08. The number of halogens is 1. The summed E-state index contributed by atoms with van der Waals surface area (Å²) in [7, 11) is 0. The lowest BCUT2D eigenvalue weighted by Crippen LogP contribution is -2.16. The van der Waals surface area contributed by atoms with Gasteiger partial charge in [-0.3, -0.25) is 4.40 Å². The van der Waals surface area contributed by atoms with Crippen LogP contribution in [-0.2, 0) is 6.54 Å². The lowest BCUT2D eigenvalue weighted by Gasteiger charge is -2.18. The average Bonchev–Trinajstić information content (AvgIpc) is 3.35. The molecule has 0 N–H and O–H groups in total. The highest BCUT2D eigenvalue weighted by molar-refractivity contribution is 5.87. The molecule has 6 nitrogen and oxygen atoms in total. The SMILES string of the molecule is CC(C)(C)Cn1nnc2ccc(-c3c(-c4ccc(F)cc4)nc4occn34)cc21. The minimum Gasteiger partial charge on any atom is -0.432 e. The number of oxazole rings is 1. The molecule has 5 rings (SSSR count). The molecule has 2 aromatic carbocycles. The number of fused-ring (bicyclic) bond motifs is 2. The van der Waals surface area contributed by atoms with Crippen LogP contribution < -0.4 is 0 Å². The Morgan fingerprint density at radius 2 is 1.79 bits per heavy atom. The highest BCUT2D eigenvalue weighted by Gasteiger charge is 2.20. The standard InChI is InChI=1S/C22H20FN5O/c1-22(2,3)13-28-18-12-15(6-9-17(18)25-26-28)20-19(14-4-7-16(23)8-5-14)24-21-27(20)10-11-29-21/h4-12H,13H2,1-3H3. The van der Waals surface area contributed by atoms with Gasteiger partial charge in [0.05, 0.1) is 11.2 Å². The van der Waals surface area contributed by atoms with Crippen molar-refractivity contribution in [3.8, 4) is 22.5 Å². The molecule has 7 heteroatoms. The molecule has 3 heterocycles. The molecule has 0 fully saturated rings. The van der Waals surface area contributed by atoms with Crippen molar-refractivity contribution in [2.24, 2.45) is 5.41 Å². The summed E-state index contributed by atoms with van der Waals surface area (Å²) in [6.07, 6.45) is 3.43. The fraction of sp³-hybridized carbons (Fsp3) is 0.227. The number of hydrogen-bond donors (Lipinski definition) is 0. The third-order valence-electron chi connectivity index (χ3n) is 4.79. The summed E-state index contributed by atoms with van der Waals surface area (Å²) in [6, 6.07) is 12.4. The van der Waals surface area contributed by atoms with E-state index in [2.05, 4.69) is 42.1 Å². The molecule has 0 bridgehead atoms. The Morgan fingerprint density at radius 3 is 2.55 bits per heavy atom. The van der Waals surface area contributed by atoms with E-state index in [1.165, 1.54) is 12.1 Å². The van der Waals surface area contributed by atoms with Crippen LogP contribution in [-0.4, -0.2) is 24.4 Å². The van der Waals surface area contributed by atoms with Gasteiger partial charge >= 0.3 is 5.84 Å². The third-order valence-corrected chi connectivity index (χ3v) is 4.79. The van der Waals surface area contributed by atoms with Gasteiger partial charge in [-0.1, -0.05) is 32.1 Å². The van der Waals surface area contributed by atoms with Gasteiger partial charge in [0.1, 0.15) is 23.3 Å². The first-order valence-electron chi connectivity index (χ1n) is 9.44. The molecule has 0 saturated heterocycles. The van der Waals surface area contributed by atoms with E-state index in [1.54, 1.807) is 18.4 Å². The van der Waals surface area contributed by atoms with Crippen LogP contribution in [0.25, 0.3) is 39.4 Å². The summed E-state index contributed by atoms with van der Waals surface area (Å²) >= 11 is 0. The molecule has 0 atom stereocenters. The molecule has 0 aliphatic heterocycles. The lowest BCUT2D eigenvalue weighted by atomic mass is 9.97. The average molecular weight is 389 g/mol. The molecular formula is C22H20FN5O. The summed E-state index contributed by atoms with van der Waals surface area (Å²) < 4.78 is 22.8. The van der Waals surface area contributed by atoms with Gasteiger partial charge in [0.15, 0.2) is 0 Å². The first-order valence-corrected chi connectivity index (χ1v) is 9.44. The summed E-state index contributed by atoms with van der Waals surface area (Å²) in [5.74, 6) is 0.206. The van der Waals surface area contributed by atoms with Crippen molar-refractivity contribution >= 4 is 16.9 Å². The molecular weight excluding hydrogens is 369 g/mol. The lowest BCUT2D eigenvalue weighted by molar-refractivity contribution is 0.327. The van der Waals surface area contributed by atoms with Gasteiger partial charge in [0.25, 0.3) is 0 Å². The van der Waals surface area contributed by atoms with Crippen molar-refractivity contribution in [2.45, 2.75) is 27.3 Å². The van der Waals surface area contributed by atoms with Crippen LogP contribution in [0.3, 0.4) is 0 Å². The van der Waals surface area contributed by atoms with Crippen molar-refractivity contribution in [3.63, 3.8) is 0 Å². The van der Waals surface area contributed by atoms with E-state index in [9.17, 15) is 4.39 Å². The number of hydrogen-bond acceptors (Lipinski definition) is 4. The van der Waals surface area contributed by atoms with Crippen LogP contribution >= 0.6 is 0 Å². The van der Waals surface area contributed by atoms with Gasteiger partial charge in [0.2, 0.25) is 0 Å². The molecule has 3 aromatic heterocycles. The number of imidazole rings is 1. The summed E-state index contributed by atoms with van der Waals surface area (Å²) in [6.45, 7) is 7.26. The summed E-state index contributed by atoms with van der Waals surface area (Å²) in [4.78, 5) is 4.63. The van der Waals surface area contributed by atoms with Crippen LogP contribution in [0.5, 0.6) is 0 Å². The topological polar surface area (TPSA) is 61.2 Å². The zero-order valence-electron chi connectivity index (χ0n) is 16.4. The molecule has 0 aliphatic rings. The number of aromatic nitrogens is 5. The van der Waals surface area contributed by atoms with Crippen LogP contribution in [0.15, 0.2) is 59.3 Å². The fourth-order valence-corrected chi connectivity index (χ4v) is 3.55. The van der Waals surface area contributed by atoms with E-state index in [4.69, 9.17) is 4.42 Å². The molecule has 0 unspecified atom stereocenters. The summed E-state index contributed by atoms with van der Waals surface area (Å²) in [5.41, 5.74) is 5.27. The molecule has 0 spiro atoms. The molecule has 29 heavy (non-hydrogen) atoms. The van der Waals surface area contributed by atoms with E-state index in [0.29, 0.717) is 5.84 Å². The Hall–Kier alpha value is -3.48.